The SMILES string of the molecule is CC(C)S(=O)(=O)CCNCC(C)(C)NS(C)(=O)=O. The highest BCUT2D eigenvalue weighted by Crippen LogP contribution is 2.03. The van der Waals surface area contributed by atoms with Gasteiger partial charge in [-0.15, -0.1) is 0 Å². The first-order valence-electron chi connectivity index (χ1n) is 5.77. The zero-order valence-electron chi connectivity index (χ0n) is 11.6. The van der Waals surface area contributed by atoms with Crippen molar-refractivity contribution in [1.29, 1.82) is 0 Å². The average Bonchev–Trinajstić information content (AvgIpc) is 2.08. The molecule has 0 bridgehead atoms. The average molecular weight is 300 g/mol. The van der Waals surface area contributed by atoms with Gasteiger partial charge in [-0.1, -0.05) is 0 Å². The number of hydrogen-bond donors (Lipinski definition) is 2. The molecule has 8 heteroatoms. The lowest BCUT2D eigenvalue weighted by Gasteiger charge is -2.25. The molecule has 0 aromatic heterocycles. The van der Waals surface area contributed by atoms with Crippen molar-refractivity contribution in [3.05, 3.63) is 0 Å². The highest BCUT2D eigenvalue weighted by Gasteiger charge is 2.22. The quantitative estimate of drug-likeness (QED) is 0.602. The van der Waals surface area contributed by atoms with Crippen LogP contribution in [-0.4, -0.2) is 52.7 Å². The number of sulfone groups is 1. The van der Waals surface area contributed by atoms with Gasteiger partial charge in [-0.2, -0.15) is 0 Å². The van der Waals surface area contributed by atoms with Crippen molar-refractivity contribution >= 4 is 19.9 Å². The van der Waals surface area contributed by atoms with Crippen LogP contribution >= 0.6 is 0 Å². The van der Waals surface area contributed by atoms with E-state index in [1.165, 1.54) is 0 Å². The van der Waals surface area contributed by atoms with Crippen molar-refractivity contribution in [3.63, 3.8) is 0 Å². The first kappa shape index (κ1) is 17.8. The van der Waals surface area contributed by atoms with Crippen molar-refractivity contribution in [2.75, 3.05) is 25.1 Å². The Kier molecular flexibility index (Phi) is 6.25. The molecule has 6 nitrogen and oxygen atoms in total. The Bertz CT molecular complexity index is 452. The lowest BCUT2D eigenvalue weighted by atomic mass is 10.1. The van der Waals surface area contributed by atoms with E-state index in [0.717, 1.165) is 6.26 Å². The van der Waals surface area contributed by atoms with E-state index in [-0.39, 0.29) is 11.0 Å². The Balaban J connectivity index is 4.14. The fourth-order valence-electron chi connectivity index (χ4n) is 1.39. The molecule has 0 aliphatic carbocycles. The third-order valence-electron chi connectivity index (χ3n) is 2.31. The predicted molar refractivity (Wildman–Crippen MR) is 73.9 cm³/mol. The van der Waals surface area contributed by atoms with Crippen LogP contribution in [-0.2, 0) is 19.9 Å². The molecule has 0 atom stereocenters. The van der Waals surface area contributed by atoms with Gasteiger partial charge in [0, 0.05) is 18.6 Å². The smallest absolute Gasteiger partial charge is 0.209 e. The van der Waals surface area contributed by atoms with Crippen LogP contribution < -0.4 is 10.0 Å². The predicted octanol–water partition coefficient (Wildman–Crippen LogP) is -0.273. The highest BCUT2D eigenvalue weighted by atomic mass is 32.2. The van der Waals surface area contributed by atoms with Crippen LogP contribution in [0.2, 0.25) is 0 Å². The molecule has 0 aliphatic heterocycles. The van der Waals surface area contributed by atoms with E-state index < -0.39 is 25.4 Å². The molecular formula is C10H24N2O4S2. The van der Waals surface area contributed by atoms with Crippen molar-refractivity contribution in [1.82, 2.24) is 10.0 Å². The Labute approximate surface area is 111 Å². The minimum absolute atomic E-state index is 0.0552. The van der Waals surface area contributed by atoms with Gasteiger partial charge in [0.2, 0.25) is 10.0 Å². The second-order valence-electron chi connectivity index (χ2n) is 5.35. The van der Waals surface area contributed by atoms with Crippen molar-refractivity contribution in [2.24, 2.45) is 0 Å². The maximum Gasteiger partial charge on any atom is 0.209 e. The van der Waals surface area contributed by atoms with E-state index >= 15 is 0 Å². The molecule has 18 heavy (non-hydrogen) atoms. The normalized spacial score (nSPS) is 14.1. The van der Waals surface area contributed by atoms with E-state index in [0.29, 0.717) is 13.1 Å². The highest BCUT2D eigenvalue weighted by molar-refractivity contribution is 7.92. The van der Waals surface area contributed by atoms with Crippen LogP contribution in [0.3, 0.4) is 0 Å². The molecular weight excluding hydrogens is 276 g/mol. The number of hydrogen-bond acceptors (Lipinski definition) is 5. The first-order chi connectivity index (χ1) is 7.86. The molecule has 0 fully saturated rings. The maximum absolute atomic E-state index is 11.5. The van der Waals surface area contributed by atoms with Gasteiger partial charge < -0.3 is 5.32 Å². The monoisotopic (exact) mass is 300 g/mol. The van der Waals surface area contributed by atoms with Crippen LogP contribution in [0, 0.1) is 0 Å². The molecule has 2 N–H and O–H groups in total. The summed E-state index contributed by atoms with van der Waals surface area (Å²) in [5, 5.41) is 2.57. The molecule has 0 unspecified atom stereocenters. The van der Waals surface area contributed by atoms with Gasteiger partial charge in [0.25, 0.3) is 0 Å². The van der Waals surface area contributed by atoms with E-state index in [1.54, 1.807) is 27.7 Å². The first-order valence-corrected chi connectivity index (χ1v) is 9.38. The summed E-state index contributed by atoms with van der Waals surface area (Å²) in [6.07, 6.45) is 1.10. The van der Waals surface area contributed by atoms with E-state index in [2.05, 4.69) is 10.0 Å². The van der Waals surface area contributed by atoms with Gasteiger partial charge in [0.05, 0.1) is 17.3 Å². The summed E-state index contributed by atoms with van der Waals surface area (Å²) < 4.78 is 47.7. The molecule has 0 spiro atoms. The third-order valence-corrected chi connectivity index (χ3v) is 5.44. The van der Waals surface area contributed by atoms with Crippen molar-refractivity contribution < 1.29 is 16.8 Å². The maximum atomic E-state index is 11.5. The molecule has 0 amide bonds. The van der Waals surface area contributed by atoms with Crippen LogP contribution in [0.15, 0.2) is 0 Å². The van der Waals surface area contributed by atoms with Gasteiger partial charge in [-0.05, 0) is 27.7 Å². The Morgan fingerprint density at radius 1 is 1.11 bits per heavy atom. The molecule has 0 saturated carbocycles. The van der Waals surface area contributed by atoms with Crippen molar-refractivity contribution in [3.8, 4) is 0 Å². The summed E-state index contributed by atoms with van der Waals surface area (Å²) in [5.74, 6) is 0.0552. The third kappa shape index (κ3) is 8.02. The zero-order valence-corrected chi connectivity index (χ0v) is 13.3. The van der Waals surface area contributed by atoms with E-state index in [4.69, 9.17) is 0 Å². The molecule has 110 valence electrons. The van der Waals surface area contributed by atoms with E-state index in [1.807, 2.05) is 0 Å². The van der Waals surface area contributed by atoms with E-state index in [9.17, 15) is 16.8 Å². The summed E-state index contributed by atoms with van der Waals surface area (Å²) in [6.45, 7) is 7.44. The summed E-state index contributed by atoms with van der Waals surface area (Å²) in [6, 6.07) is 0. The Morgan fingerprint density at radius 2 is 1.61 bits per heavy atom. The minimum Gasteiger partial charge on any atom is -0.314 e. The summed E-state index contributed by atoms with van der Waals surface area (Å²) in [7, 11) is -6.32. The molecule has 0 aromatic rings. The Morgan fingerprint density at radius 3 is 2.00 bits per heavy atom. The van der Waals surface area contributed by atoms with Crippen LogP contribution in [0.4, 0.5) is 0 Å². The second-order valence-corrected chi connectivity index (χ2v) is 9.78. The number of nitrogens with one attached hydrogen (secondary N) is 2. The molecule has 0 radical (unpaired) electrons. The van der Waals surface area contributed by atoms with Crippen LogP contribution in [0.1, 0.15) is 27.7 Å². The van der Waals surface area contributed by atoms with Gasteiger partial charge in [-0.3, -0.25) is 0 Å². The van der Waals surface area contributed by atoms with Gasteiger partial charge in [-0.25, -0.2) is 21.6 Å². The van der Waals surface area contributed by atoms with Gasteiger partial charge in [0.1, 0.15) is 0 Å². The summed E-state index contributed by atoms with van der Waals surface area (Å²) >= 11 is 0. The molecule has 0 aromatic carbocycles. The standard InChI is InChI=1S/C10H24N2O4S2/c1-9(2)18(15,16)7-6-11-8-10(3,4)12-17(5,13)14/h9,11-12H,6-8H2,1-5H3. The minimum atomic E-state index is -3.27. The second kappa shape index (κ2) is 6.31. The zero-order chi connectivity index (χ0) is 14.6. The molecule has 0 saturated heterocycles. The van der Waals surface area contributed by atoms with Crippen LogP contribution in [0.25, 0.3) is 0 Å². The topological polar surface area (TPSA) is 92.3 Å². The van der Waals surface area contributed by atoms with Crippen molar-refractivity contribution in [2.45, 2.75) is 38.5 Å². The lowest BCUT2D eigenvalue weighted by molar-refractivity contribution is 0.426. The molecule has 0 aliphatic rings. The fraction of sp³-hybridized carbons (Fsp3) is 1.00. The van der Waals surface area contributed by atoms with Gasteiger partial charge >= 0.3 is 0 Å². The molecule has 0 heterocycles. The van der Waals surface area contributed by atoms with Gasteiger partial charge in [0.15, 0.2) is 9.84 Å². The number of rotatable bonds is 8. The summed E-state index contributed by atoms with van der Waals surface area (Å²) in [4.78, 5) is 0. The Hall–Kier alpha value is -0.180. The summed E-state index contributed by atoms with van der Waals surface area (Å²) in [5.41, 5.74) is -0.644. The lowest BCUT2D eigenvalue weighted by Crippen LogP contribution is -2.50. The molecule has 0 rings (SSSR count). The largest absolute Gasteiger partial charge is 0.314 e. The van der Waals surface area contributed by atoms with Crippen LogP contribution in [0.5, 0.6) is 0 Å². The fourth-order valence-corrected chi connectivity index (χ4v) is 3.37. The number of sulfonamides is 1.